The lowest BCUT2D eigenvalue weighted by molar-refractivity contribution is -0.385. The van der Waals surface area contributed by atoms with E-state index < -0.39 is 16.6 Å². The molecule has 1 aliphatic rings. The van der Waals surface area contributed by atoms with E-state index in [2.05, 4.69) is 10.3 Å². The largest absolute Gasteiger partial charge is 0.477 e. The Balaban J connectivity index is 2.06. The summed E-state index contributed by atoms with van der Waals surface area (Å²) in [5, 5.41) is 22.7. The van der Waals surface area contributed by atoms with Crippen LogP contribution in [0.4, 0.5) is 11.5 Å². The average Bonchev–Trinajstić information content (AvgIpc) is 2.45. The van der Waals surface area contributed by atoms with Crippen LogP contribution in [0.2, 0.25) is 0 Å². The summed E-state index contributed by atoms with van der Waals surface area (Å²) in [6.45, 7) is 2.03. The van der Waals surface area contributed by atoms with Crippen molar-refractivity contribution in [2.75, 3.05) is 25.1 Å². The van der Waals surface area contributed by atoms with E-state index in [0.717, 1.165) is 25.6 Å². The molecule has 0 spiro atoms. The Hall–Kier alpha value is -2.22. The third kappa shape index (κ3) is 3.41. The van der Waals surface area contributed by atoms with Crippen molar-refractivity contribution in [2.24, 2.45) is 5.92 Å². The topological polar surface area (TPSA) is 115 Å². The van der Waals surface area contributed by atoms with Crippen molar-refractivity contribution >= 4 is 17.5 Å². The third-order valence-corrected chi connectivity index (χ3v) is 3.14. The van der Waals surface area contributed by atoms with Crippen LogP contribution in [0.15, 0.2) is 12.3 Å². The van der Waals surface area contributed by atoms with E-state index in [1.165, 1.54) is 6.07 Å². The molecule has 0 bridgehead atoms. The van der Waals surface area contributed by atoms with Crippen molar-refractivity contribution in [3.8, 4) is 0 Å². The second-order valence-electron chi connectivity index (χ2n) is 4.61. The van der Waals surface area contributed by atoms with Crippen molar-refractivity contribution in [2.45, 2.75) is 12.8 Å². The number of nitro groups is 1. The van der Waals surface area contributed by atoms with Crippen LogP contribution in [0.3, 0.4) is 0 Å². The second-order valence-corrected chi connectivity index (χ2v) is 4.61. The van der Waals surface area contributed by atoms with Crippen molar-refractivity contribution in [3.63, 3.8) is 0 Å². The predicted molar refractivity (Wildman–Crippen MR) is 69.9 cm³/mol. The van der Waals surface area contributed by atoms with Gasteiger partial charge in [0.25, 0.3) is 0 Å². The number of nitrogens with one attached hydrogen (secondary N) is 1. The van der Waals surface area contributed by atoms with Gasteiger partial charge in [-0.05, 0) is 18.8 Å². The Morgan fingerprint density at radius 2 is 2.45 bits per heavy atom. The fourth-order valence-electron chi connectivity index (χ4n) is 2.08. The first-order valence-electron chi connectivity index (χ1n) is 6.27. The highest BCUT2D eigenvalue weighted by molar-refractivity contribution is 5.93. The molecule has 8 heteroatoms. The lowest BCUT2D eigenvalue weighted by atomic mass is 10.0. The van der Waals surface area contributed by atoms with Gasteiger partial charge in [0.2, 0.25) is 0 Å². The zero-order valence-corrected chi connectivity index (χ0v) is 10.7. The van der Waals surface area contributed by atoms with Crippen LogP contribution in [-0.2, 0) is 4.74 Å². The summed E-state index contributed by atoms with van der Waals surface area (Å²) in [6, 6.07) is 1.18. The molecule has 1 saturated heterocycles. The maximum Gasteiger partial charge on any atom is 0.342 e. The summed E-state index contributed by atoms with van der Waals surface area (Å²) >= 11 is 0. The van der Waals surface area contributed by atoms with E-state index >= 15 is 0 Å². The van der Waals surface area contributed by atoms with E-state index in [1.807, 2.05) is 0 Å². The lowest BCUT2D eigenvalue weighted by Crippen LogP contribution is -2.24. The Bertz CT molecular complexity index is 514. The monoisotopic (exact) mass is 281 g/mol. The molecule has 108 valence electrons. The van der Waals surface area contributed by atoms with Crippen LogP contribution in [0, 0.1) is 16.0 Å². The number of aromatic nitrogens is 1. The minimum absolute atomic E-state index is 0.318. The number of hydrogen-bond acceptors (Lipinski definition) is 6. The molecule has 0 aromatic carbocycles. The molecule has 2 N–H and O–H groups in total. The zero-order valence-electron chi connectivity index (χ0n) is 10.7. The second kappa shape index (κ2) is 6.29. The third-order valence-electron chi connectivity index (χ3n) is 3.14. The number of pyridine rings is 1. The van der Waals surface area contributed by atoms with Crippen LogP contribution in [-0.4, -0.2) is 40.7 Å². The SMILES string of the molecule is O=C(O)c1cc(NCC2CCCOC2)ncc1[N+](=O)[O-]. The number of aromatic carboxylic acids is 1. The highest BCUT2D eigenvalue weighted by Gasteiger charge is 2.21. The molecule has 1 aromatic heterocycles. The summed E-state index contributed by atoms with van der Waals surface area (Å²) < 4.78 is 5.34. The van der Waals surface area contributed by atoms with Gasteiger partial charge in [0, 0.05) is 19.2 Å². The first-order chi connectivity index (χ1) is 9.58. The van der Waals surface area contributed by atoms with Crippen molar-refractivity contribution in [1.29, 1.82) is 0 Å². The quantitative estimate of drug-likeness (QED) is 0.621. The minimum Gasteiger partial charge on any atom is -0.477 e. The number of nitrogens with zero attached hydrogens (tertiary/aromatic N) is 2. The van der Waals surface area contributed by atoms with E-state index in [4.69, 9.17) is 9.84 Å². The first kappa shape index (κ1) is 14.2. The number of carbonyl (C=O) groups is 1. The normalized spacial score (nSPS) is 18.5. The molecule has 0 amide bonds. The highest BCUT2D eigenvalue weighted by atomic mass is 16.6. The molecule has 20 heavy (non-hydrogen) atoms. The van der Waals surface area contributed by atoms with E-state index in [-0.39, 0.29) is 5.56 Å². The van der Waals surface area contributed by atoms with Crippen LogP contribution in [0.5, 0.6) is 0 Å². The maximum absolute atomic E-state index is 11.0. The number of carboxylic acid groups (broad SMARTS) is 1. The molecule has 2 heterocycles. The molecule has 0 radical (unpaired) electrons. The van der Waals surface area contributed by atoms with Gasteiger partial charge in [0.05, 0.1) is 11.5 Å². The molecule has 1 aromatic rings. The molecule has 0 saturated carbocycles. The maximum atomic E-state index is 11.0. The van der Waals surface area contributed by atoms with Crippen LogP contribution < -0.4 is 5.32 Å². The van der Waals surface area contributed by atoms with Crippen LogP contribution in [0.1, 0.15) is 23.2 Å². The van der Waals surface area contributed by atoms with Crippen molar-refractivity contribution < 1.29 is 19.6 Å². The number of hydrogen-bond donors (Lipinski definition) is 2. The van der Waals surface area contributed by atoms with E-state index in [9.17, 15) is 14.9 Å². The summed E-state index contributed by atoms with van der Waals surface area (Å²) in [5.74, 6) is -0.684. The molecular formula is C12H15N3O5. The summed E-state index contributed by atoms with van der Waals surface area (Å²) in [5.41, 5.74) is -0.878. The standard InChI is InChI=1S/C12H15N3O5/c16-12(17)9-4-11(14-6-10(9)15(18)19)13-5-8-2-1-3-20-7-8/h4,6,8H,1-3,5,7H2,(H,13,14)(H,16,17). The van der Waals surface area contributed by atoms with Gasteiger partial charge < -0.3 is 15.2 Å². The Kier molecular flexibility index (Phi) is 4.46. The number of rotatable bonds is 5. The molecule has 1 fully saturated rings. The molecule has 2 rings (SSSR count). The van der Waals surface area contributed by atoms with Crippen molar-refractivity contribution in [1.82, 2.24) is 4.98 Å². The van der Waals surface area contributed by atoms with Gasteiger partial charge in [-0.2, -0.15) is 0 Å². The minimum atomic E-state index is -1.34. The Morgan fingerprint density at radius 1 is 1.65 bits per heavy atom. The molecule has 0 aliphatic carbocycles. The summed E-state index contributed by atoms with van der Waals surface area (Å²) in [6.07, 6.45) is 3.00. The molecule has 1 aliphatic heterocycles. The van der Waals surface area contributed by atoms with Gasteiger partial charge in [-0.1, -0.05) is 0 Å². The van der Waals surface area contributed by atoms with Gasteiger partial charge in [0.15, 0.2) is 0 Å². The molecule has 1 atom stereocenters. The van der Waals surface area contributed by atoms with Crippen LogP contribution >= 0.6 is 0 Å². The van der Waals surface area contributed by atoms with E-state index in [0.29, 0.717) is 24.9 Å². The van der Waals surface area contributed by atoms with Gasteiger partial charge in [0.1, 0.15) is 17.6 Å². The number of ether oxygens (including phenoxy) is 1. The molecule has 8 nitrogen and oxygen atoms in total. The molecular weight excluding hydrogens is 266 g/mol. The molecule has 1 unspecified atom stereocenters. The van der Waals surface area contributed by atoms with Gasteiger partial charge in [-0.3, -0.25) is 10.1 Å². The highest BCUT2D eigenvalue weighted by Crippen LogP contribution is 2.21. The Morgan fingerprint density at radius 3 is 3.05 bits per heavy atom. The van der Waals surface area contributed by atoms with Gasteiger partial charge >= 0.3 is 11.7 Å². The fraction of sp³-hybridized carbons (Fsp3) is 0.500. The average molecular weight is 281 g/mol. The van der Waals surface area contributed by atoms with Gasteiger partial charge in [-0.15, -0.1) is 0 Å². The lowest BCUT2D eigenvalue weighted by Gasteiger charge is -2.22. The van der Waals surface area contributed by atoms with Crippen LogP contribution in [0.25, 0.3) is 0 Å². The van der Waals surface area contributed by atoms with Crippen molar-refractivity contribution in [3.05, 3.63) is 27.9 Å². The fourth-order valence-corrected chi connectivity index (χ4v) is 2.08. The predicted octanol–water partition coefficient (Wildman–Crippen LogP) is 1.53. The number of anilines is 1. The van der Waals surface area contributed by atoms with E-state index in [1.54, 1.807) is 0 Å². The smallest absolute Gasteiger partial charge is 0.342 e. The summed E-state index contributed by atoms with van der Waals surface area (Å²) in [4.78, 5) is 24.8. The Labute approximate surface area is 114 Å². The number of carboxylic acids is 1. The first-order valence-corrected chi connectivity index (χ1v) is 6.27. The van der Waals surface area contributed by atoms with Gasteiger partial charge in [-0.25, -0.2) is 9.78 Å². The zero-order chi connectivity index (χ0) is 14.5. The summed E-state index contributed by atoms with van der Waals surface area (Å²) in [7, 11) is 0.